The summed E-state index contributed by atoms with van der Waals surface area (Å²) in [6, 6.07) is 7.98. The monoisotopic (exact) mass is 247 g/mol. The summed E-state index contributed by atoms with van der Waals surface area (Å²) in [6.45, 7) is 1.95. The number of benzene rings is 1. The molecule has 1 N–H and O–H groups in total. The van der Waals surface area contributed by atoms with Crippen LogP contribution in [0.25, 0.3) is 0 Å². The highest BCUT2D eigenvalue weighted by molar-refractivity contribution is 5.33. The first-order chi connectivity index (χ1) is 8.69. The van der Waals surface area contributed by atoms with Crippen molar-refractivity contribution >= 4 is 5.95 Å². The van der Waals surface area contributed by atoms with Gasteiger partial charge in [0.2, 0.25) is 11.8 Å². The Labute approximate surface area is 105 Å². The van der Waals surface area contributed by atoms with Gasteiger partial charge in [-0.15, -0.1) is 0 Å². The topological polar surface area (TPSA) is 47.0 Å². The van der Waals surface area contributed by atoms with Gasteiger partial charge in [-0.3, -0.25) is 0 Å². The molecule has 2 rings (SSSR count). The van der Waals surface area contributed by atoms with Crippen molar-refractivity contribution in [2.75, 3.05) is 12.4 Å². The minimum absolute atomic E-state index is 0.0160. The Bertz CT molecular complexity index is 516. The van der Waals surface area contributed by atoms with E-state index in [2.05, 4.69) is 15.3 Å². The molecule has 5 heteroatoms. The summed E-state index contributed by atoms with van der Waals surface area (Å²) in [5.41, 5.74) is 0.961. The minimum Gasteiger partial charge on any atom is -0.481 e. The maximum Gasteiger partial charge on any atom is 0.226 e. The van der Waals surface area contributed by atoms with Crippen LogP contribution in [0.5, 0.6) is 5.88 Å². The Morgan fingerprint density at radius 3 is 2.61 bits per heavy atom. The standard InChI is InChI=1S/C13H14FN3O/c1-9(10-3-5-11(14)6-4-10)16-13-15-8-7-12(17-13)18-2/h3-9H,1-2H3,(H,15,16,17). The predicted octanol–water partition coefficient (Wildman–Crippen LogP) is 2.80. The summed E-state index contributed by atoms with van der Waals surface area (Å²) in [5, 5.41) is 3.13. The second-order valence-electron chi connectivity index (χ2n) is 3.84. The van der Waals surface area contributed by atoms with Gasteiger partial charge in [-0.1, -0.05) is 12.1 Å². The van der Waals surface area contributed by atoms with Gasteiger partial charge < -0.3 is 10.1 Å². The lowest BCUT2D eigenvalue weighted by atomic mass is 10.1. The molecule has 1 heterocycles. The van der Waals surface area contributed by atoms with Crippen molar-refractivity contribution in [3.8, 4) is 5.88 Å². The molecule has 4 nitrogen and oxygen atoms in total. The van der Waals surface area contributed by atoms with Crippen LogP contribution in [-0.2, 0) is 0 Å². The van der Waals surface area contributed by atoms with Crippen LogP contribution in [0.15, 0.2) is 36.5 Å². The zero-order chi connectivity index (χ0) is 13.0. The van der Waals surface area contributed by atoms with Crippen LogP contribution >= 0.6 is 0 Å². The van der Waals surface area contributed by atoms with Gasteiger partial charge in [0.15, 0.2) is 0 Å². The maximum atomic E-state index is 12.8. The van der Waals surface area contributed by atoms with E-state index in [1.54, 1.807) is 31.5 Å². The molecule has 0 amide bonds. The Kier molecular flexibility index (Phi) is 3.72. The van der Waals surface area contributed by atoms with Gasteiger partial charge in [0.05, 0.1) is 13.2 Å². The highest BCUT2D eigenvalue weighted by Crippen LogP contribution is 2.18. The average Bonchev–Trinajstić information content (AvgIpc) is 2.39. The second kappa shape index (κ2) is 5.44. The van der Waals surface area contributed by atoms with E-state index in [1.165, 1.54) is 12.1 Å². The Morgan fingerprint density at radius 1 is 1.22 bits per heavy atom. The molecule has 0 aliphatic heterocycles. The van der Waals surface area contributed by atoms with Crippen LogP contribution < -0.4 is 10.1 Å². The molecular weight excluding hydrogens is 233 g/mol. The quantitative estimate of drug-likeness (QED) is 0.902. The average molecular weight is 247 g/mol. The van der Waals surface area contributed by atoms with Crippen molar-refractivity contribution < 1.29 is 9.13 Å². The van der Waals surface area contributed by atoms with Gasteiger partial charge in [-0.2, -0.15) is 4.98 Å². The predicted molar refractivity (Wildman–Crippen MR) is 67.0 cm³/mol. The molecule has 0 radical (unpaired) electrons. The molecule has 1 aromatic carbocycles. The van der Waals surface area contributed by atoms with E-state index in [-0.39, 0.29) is 11.9 Å². The van der Waals surface area contributed by atoms with Crippen LogP contribution in [0.2, 0.25) is 0 Å². The normalized spacial score (nSPS) is 11.9. The van der Waals surface area contributed by atoms with E-state index in [1.807, 2.05) is 6.92 Å². The van der Waals surface area contributed by atoms with Crippen LogP contribution in [-0.4, -0.2) is 17.1 Å². The lowest BCUT2D eigenvalue weighted by Gasteiger charge is -2.14. The van der Waals surface area contributed by atoms with Gasteiger partial charge >= 0.3 is 0 Å². The van der Waals surface area contributed by atoms with E-state index in [0.717, 1.165) is 5.56 Å². The summed E-state index contributed by atoms with van der Waals surface area (Å²) in [5.74, 6) is 0.730. The van der Waals surface area contributed by atoms with Crippen molar-refractivity contribution in [1.82, 2.24) is 9.97 Å². The van der Waals surface area contributed by atoms with Gasteiger partial charge in [-0.25, -0.2) is 9.37 Å². The smallest absolute Gasteiger partial charge is 0.226 e. The molecule has 0 saturated heterocycles. The van der Waals surface area contributed by atoms with Crippen LogP contribution in [0, 0.1) is 5.82 Å². The Morgan fingerprint density at radius 2 is 1.94 bits per heavy atom. The first-order valence-corrected chi connectivity index (χ1v) is 5.58. The fourth-order valence-electron chi connectivity index (χ4n) is 1.55. The van der Waals surface area contributed by atoms with Gasteiger partial charge in [0.1, 0.15) is 5.82 Å². The molecule has 2 aromatic rings. The molecular formula is C13H14FN3O. The molecule has 0 fully saturated rings. The Balaban J connectivity index is 2.10. The van der Waals surface area contributed by atoms with Crippen molar-refractivity contribution in [2.24, 2.45) is 0 Å². The molecule has 1 atom stereocenters. The summed E-state index contributed by atoms with van der Waals surface area (Å²) >= 11 is 0. The third-order valence-electron chi connectivity index (χ3n) is 2.55. The summed E-state index contributed by atoms with van der Waals surface area (Å²) < 4.78 is 17.8. The fourth-order valence-corrected chi connectivity index (χ4v) is 1.55. The van der Waals surface area contributed by atoms with E-state index in [4.69, 9.17) is 4.74 Å². The van der Waals surface area contributed by atoms with Crippen molar-refractivity contribution in [1.29, 1.82) is 0 Å². The van der Waals surface area contributed by atoms with Crippen molar-refractivity contribution in [3.63, 3.8) is 0 Å². The van der Waals surface area contributed by atoms with Gasteiger partial charge in [-0.05, 0) is 24.6 Å². The van der Waals surface area contributed by atoms with Gasteiger partial charge in [0, 0.05) is 12.3 Å². The number of aromatic nitrogens is 2. The molecule has 94 valence electrons. The number of nitrogens with zero attached hydrogens (tertiary/aromatic N) is 2. The maximum absolute atomic E-state index is 12.8. The molecule has 0 spiro atoms. The van der Waals surface area contributed by atoms with Crippen molar-refractivity contribution in [3.05, 3.63) is 47.9 Å². The minimum atomic E-state index is -0.247. The number of nitrogens with one attached hydrogen (secondary N) is 1. The zero-order valence-electron chi connectivity index (χ0n) is 10.2. The first kappa shape index (κ1) is 12.3. The second-order valence-corrected chi connectivity index (χ2v) is 3.84. The zero-order valence-corrected chi connectivity index (χ0v) is 10.2. The molecule has 18 heavy (non-hydrogen) atoms. The van der Waals surface area contributed by atoms with E-state index >= 15 is 0 Å². The third kappa shape index (κ3) is 2.94. The fraction of sp³-hybridized carbons (Fsp3) is 0.231. The number of halogens is 1. The molecule has 1 unspecified atom stereocenters. The number of rotatable bonds is 4. The van der Waals surface area contributed by atoms with E-state index in [0.29, 0.717) is 11.8 Å². The molecule has 0 saturated carbocycles. The van der Waals surface area contributed by atoms with Gasteiger partial charge in [0.25, 0.3) is 0 Å². The van der Waals surface area contributed by atoms with E-state index in [9.17, 15) is 4.39 Å². The van der Waals surface area contributed by atoms with Crippen molar-refractivity contribution in [2.45, 2.75) is 13.0 Å². The number of methoxy groups -OCH3 is 1. The summed E-state index contributed by atoms with van der Waals surface area (Å²) in [6.07, 6.45) is 1.62. The lowest BCUT2D eigenvalue weighted by Crippen LogP contribution is -2.09. The lowest BCUT2D eigenvalue weighted by molar-refractivity contribution is 0.397. The molecule has 1 aromatic heterocycles. The SMILES string of the molecule is COc1ccnc(NC(C)c2ccc(F)cc2)n1. The van der Waals surface area contributed by atoms with Crippen LogP contribution in [0.3, 0.4) is 0 Å². The number of ether oxygens (including phenoxy) is 1. The van der Waals surface area contributed by atoms with E-state index < -0.39 is 0 Å². The van der Waals surface area contributed by atoms with Crippen LogP contribution in [0.1, 0.15) is 18.5 Å². The number of hydrogen-bond acceptors (Lipinski definition) is 4. The highest BCUT2D eigenvalue weighted by atomic mass is 19.1. The first-order valence-electron chi connectivity index (χ1n) is 5.58. The molecule has 0 aliphatic rings. The number of hydrogen-bond donors (Lipinski definition) is 1. The van der Waals surface area contributed by atoms with Crippen LogP contribution in [0.4, 0.5) is 10.3 Å². The summed E-state index contributed by atoms with van der Waals surface area (Å²) in [4.78, 5) is 8.25. The number of anilines is 1. The third-order valence-corrected chi connectivity index (χ3v) is 2.55. The highest BCUT2D eigenvalue weighted by Gasteiger charge is 2.07. The molecule has 0 aliphatic carbocycles. The molecule has 0 bridgehead atoms. The Hall–Kier alpha value is -2.17. The summed E-state index contributed by atoms with van der Waals surface area (Å²) in [7, 11) is 1.55. The largest absolute Gasteiger partial charge is 0.481 e.